The van der Waals surface area contributed by atoms with Crippen molar-refractivity contribution in [3.05, 3.63) is 96.1 Å². The predicted octanol–water partition coefficient (Wildman–Crippen LogP) is 5.64. The monoisotopic (exact) mass is 278 g/mol. The van der Waals surface area contributed by atoms with Gasteiger partial charge < -0.3 is 4.74 Å². The zero-order valence-corrected chi connectivity index (χ0v) is 12.8. The first-order chi connectivity index (χ1) is 10.1. The van der Waals surface area contributed by atoms with Crippen molar-refractivity contribution in [1.29, 1.82) is 0 Å². The summed E-state index contributed by atoms with van der Waals surface area (Å²) >= 11 is 0. The van der Waals surface area contributed by atoms with Gasteiger partial charge in [-0.05, 0) is 36.1 Å². The molecule has 0 amide bonds. The summed E-state index contributed by atoms with van der Waals surface area (Å²) in [5.74, 6) is 0. The summed E-state index contributed by atoms with van der Waals surface area (Å²) in [6.07, 6.45) is -0.263. The molecule has 0 saturated carbocycles. The van der Waals surface area contributed by atoms with Gasteiger partial charge in [0.25, 0.3) is 0 Å². The first kappa shape index (κ1) is 15.3. The maximum absolute atomic E-state index is 6.35. The Bertz CT molecular complexity index is 543. The van der Waals surface area contributed by atoms with Crippen LogP contribution in [0, 0.1) is 0 Å². The molecule has 2 unspecified atom stereocenters. The molecule has 2 aromatic rings. The van der Waals surface area contributed by atoms with E-state index in [9.17, 15) is 0 Å². The van der Waals surface area contributed by atoms with E-state index in [2.05, 4.69) is 37.4 Å². The lowest BCUT2D eigenvalue weighted by atomic mass is 10.0. The van der Waals surface area contributed by atoms with Gasteiger partial charge in [0.2, 0.25) is 0 Å². The molecule has 2 atom stereocenters. The summed E-state index contributed by atoms with van der Waals surface area (Å²) in [6, 6.07) is 20.4. The van der Waals surface area contributed by atoms with E-state index < -0.39 is 0 Å². The Balaban J connectivity index is 2.30. The highest BCUT2D eigenvalue weighted by Crippen LogP contribution is 2.34. The second kappa shape index (κ2) is 7.05. The fourth-order valence-corrected chi connectivity index (χ4v) is 2.35. The van der Waals surface area contributed by atoms with Crippen molar-refractivity contribution < 1.29 is 4.74 Å². The molecule has 0 heterocycles. The molecule has 1 heteroatoms. The lowest BCUT2D eigenvalue weighted by Gasteiger charge is -2.26. The van der Waals surface area contributed by atoms with Crippen LogP contribution in [0.2, 0.25) is 0 Å². The van der Waals surface area contributed by atoms with E-state index in [0.717, 1.165) is 22.3 Å². The molecule has 0 spiro atoms. The van der Waals surface area contributed by atoms with Gasteiger partial charge in [0.15, 0.2) is 0 Å². The summed E-state index contributed by atoms with van der Waals surface area (Å²) in [5.41, 5.74) is 4.21. The minimum absolute atomic E-state index is 0.131. The molecule has 0 aromatic heterocycles. The smallest absolute Gasteiger partial charge is 0.104 e. The highest BCUT2D eigenvalue weighted by molar-refractivity contribution is 5.28. The van der Waals surface area contributed by atoms with E-state index in [1.165, 1.54) is 0 Å². The average Bonchev–Trinajstić information content (AvgIpc) is 2.49. The maximum atomic E-state index is 6.35. The van der Waals surface area contributed by atoms with E-state index in [-0.39, 0.29) is 12.2 Å². The van der Waals surface area contributed by atoms with Crippen molar-refractivity contribution in [2.75, 3.05) is 0 Å². The minimum atomic E-state index is -0.131. The zero-order chi connectivity index (χ0) is 15.2. The summed E-state index contributed by atoms with van der Waals surface area (Å²) in [5, 5.41) is 0. The quantitative estimate of drug-likeness (QED) is 0.621. The number of benzene rings is 2. The first-order valence-electron chi connectivity index (χ1n) is 7.15. The maximum Gasteiger partial charge on any atom is 0.104 e. The predicted molar refractivity (Wildman–Crippen MR) is 89.1 cm³/mol. The van der Waals surface area contributed by atoms with Crippen molar-refractivity contribution in [2.45, 2.75) is 26.1 Å². The standard InChI is InChI=1S/C20H22O/c1-15(2)19(17-11-7-5-8-12-17)21-20(16(3)4)18-13-9-6-10-14-18/h5-14,19-20H,1,3H2,2,4H3. The van der Waals surface area contributed by atoms with Gasteiger partial charge in [0.1, 0.15) is 12.2 Å². The van der Waals surface area contributed by atoms with E-state index in [1.807, 2.05) is 50.2 Å². The van der Waals surface area contributed by atoms with Crippen LogP contribution in [-0.4, -0.2) is 0 Å². The van der Waals surface area contributed by atoms with Crippen LogP contribution in [-0.2, 0) is 4.74 Å². The lowest BCUT2D eigenvalue weighted by Crippen LogP contribution is -2.12. The van der Waals surface area contributed by atoms with Crippen LogP contribution in [0.25, 0.3) is 0 Å². The highest BCUT2D eigenvalue weighted by Gasteiger charge is 2.20. The molecule has 2 aromatic carbocycles. The van der Waals surface area contributed by atoms with Gasteiger partial charge >= 0.3 is 0 Å². The van der Waals surface area contributed by atoms with Crippen LogP contribution in [0.15, 0.2) is 85.0 Å². The summed E-state index contributed by atoms with van der Waals surface area (Å²) < 4.78 is 6.35. The van der Waals surface area contributed by atoms with Crippen LogP contribution in [0.1, 0.15) is 37.2 Å². The Hall–Kier alpha value is -2.12. The molecule has 108 valence electrons. The fraction of sp³-hybridized carbons (Fsp3) is 0.200. The van der Waals surface area contributed by atoms with Gasteiger partial charge in [0, 0.05) is 0 Å². The normalized spacial score (nSPS) is 13.4. The Kier molecular flexibility index (Phi) is 5.13. The van der Waals surface area contributed by atoms with Gasteiger partial charge in [0.05, 0.1) is 0 Å². The molecule has 2 rings (SSSR count). The van der Waals surface area contributed by atoms with Crippen molar-refractivity contribution in [2.24, 2.45) is 0 Å². The Labute approximate surface area is 127 Å². The Morgan fingerprint density at radius 3 is 1.33 bits per heavy atom. The summed E-state index contributed by atoms with van der Waals surface area (Å²) in [4.78, 5) is 0. The van der Waals surface area contributed by atoms with Crippen LogP contribution in [0.5, 0.6) is 0 Å². The third-order valence-electron chi connectivity index (χ3n) is 3.37. The van der Waals surface area contributed by atoms with Crippen LogP contribution in [0.3, 0.4) is 0 Å². The zero-order valence-electron chi connectivity index (χ0n) is 12.8. The Morgan fingerprint density at radius 2 is 1.05 bits per heavy atom. The van der Waals surface area contributed by atoms with Gasteiger partial charge in [-0.3, -0.25) is 0 Å². The van der Waals surface area contributed by atoms with Gasteiger partial charge in [-0.2, -0.15) is 0 Å². The first-order valence-corrected chi connectivity index (χ1v) is 7.15. The topological polar surface area (TPSA) is 9.23 Å². The summed E-state index contributed by atoms with van der Waals surface area (Å²) in [7, 11) is 0. The Morgan fingerprint density at radius 1 is 0.714 bits per heavy atom. The SMILES string of the molecule is C=C(C)C(OC(C(=C)C)c1ccccc1)c1ccccc1. The molecule has 0 aliphatic heterocycles. The van der Waals surface area contributed by atoms with Crippen molar-refractivity contribution in [1.82, 2.24) is 0 Å². The highest BCUT2D eigenvalue weighted by atomic mass is 16.5. The third-order valence-corrected chi connectivity index (χ3v) is 3.37. The molecule has 1 nitrogen and oxygen atoms in total. The average molecular weight is 278 g/mol. The van der Waals surface area contributed by atoms with E-state index in [0.29, 0.717) is 0 Å². The number of hydrogen-bond donors (Lipinski definition) is 0. The van der Waals surface area contributed by atoms with E-state index >= 15 is 0 Å². The molecule has 0 N–H and O–H groups in total. The fourth-order valence-electron chi connectivity index (χ4n) is 2.35. The summed E-state index contributed by atoms with van der Waals surface area (Å²) in [6.45, 7) is 12.2. The van der Waals surface area contributed by atoms with Gasteiger partial charge in [-0.15, -0.1) is 0 Å². The molecule has 0 aliphatic carbocycles. The molecule has 21 heavy (non-hydrogen) atoms. The van der Waals surface area contributed by atoms with Crippen molar-refractivity contribution in [3.8, 4) is 0 Å². The second-order valence-electron chi connectivity index (χ2n) is 5.41. The lowest BCUT2D eigenvalue weighted by molar-refractivity contribution is 0.0267. The number of hydrogen-bond acceptors (Lipinski definition) is 1. The molecular formula is C20H22O. The molecular weight excluding hydrogens is 256 g/mol. The molecule has 0 saturated heterocycles. The van der Waals surface area contributed by atoms with Crippen LogP contribution >= 0.6 is 0 Å². The molecule has 0 fully saturated rings. The minimum Gasteiger partial charge on any atom is -0.357 e. The third kappa shape index (κ3) is 3.93. The van der Waals surface area contributed by atoms with E-state index in [1.54, 1.807) is 0 Å². The number of ether oxygens (including phenoxy) is 1. The van der Waals surface area contributed by atoms with Crippen LogP contribution in [0.4, 0.5) is 0 Å². The van der Waals surface area contributed by atoms with Crippen molar-refractivity contribution >= 4 is 0 Å². The molecule has 0 aliphatic rings. The van der Waals surface area contributed by atoms with E-state index in [4.69, 9.17) is 4.74 Å². The molecule has 0 radical (unpaired) electrons. The van der Waals surface area contributed by atoms with Gasteiger partial charge in [-0.1, -0.05) is 73.8 Å². The molecule has 0 bridgehead atoms. The van der Waals surface area contributed by atoms with Crippen molar-refractivity contribution in [3.63, 3.8) is 0 Å². The van der Waals surface area contributed by atoms with Crippen LogP contribution < -0.4 is 0 Å². The number of rotatable bonds is 6. The van der Waals surface area contributed by atoms with Gasteiger partial charge in [-0.25, -0.2) is 0 Å². The largest absolute Gasteiger partial charge is 0.357 e. The second-order valence-corrected chi connectivity index (χ2v) is 5.41.